The maximum atomic E-state index is 12.4. The van der Waals surface area contributed by atoms with E-state index >= 15 is 0 Å². The van der Waals surface area contributed by atoms with Gasteiger partial charge in [0.05, 0.1) is 16.3 Å². The Kier molecular flexibility index (Phi) is 7.95. The van der Waals surface area contributed by atoms with Crippen molar-refractivity contribution in [1.29, 1.82) is 0 Å². The first kappa shape index (κ1) is 21.7. The number of carbonyl (C=O) groups is 1. The molecule has 3 rings (SSSR count). The molecule has 2 aromatic rings. The summed E-state index contributed by atoms with van der Waals surface area (Å²) in [7, 11) is 0. The highest BCUT2D eigenvalue weighted by atomic mass is 79.9. The van der Waals surface area contributed by atoms with Crippen molar-refractivity contribution >= 4 is 27.5 Å². The van der Waals surface area contributed by atoms with E-state index in [9.17, 15) is 4.79 Å². The van der Waals surface area contributed by atoms with Gasteiger partial charge in [-0.1, -0.05) is 32.0 Å². The number of benzene rings is 2. The Labute approximate surface area is 180 Å². The molecule has 0 radical (unpaired) electrons. The molecule has 0 spiro atoms. The van der Waals surface area contributed by atoms with E-state index in [2.05, 4.69) is 41.2 Å². The summed E-state index contributed by atoms with van der Waals surface area (Å²) in [6.07, 6.45) is 3.27. The van der Waals surface area contributed by atoms with Crippen molar-refractivity contribution < 1.29 is 19.0 Å². The van der Waals surface area contributed by atoms with Crippen LogP contribution in [0.25, 0.3) is 0 Å². The molecule has 1 heterocycles. The molecule has 1 N–H and O–H groups in total. The van der Waals surface area contributed by atoms with Gasteiger partial charge in [0.15, 0.2) is 6.61 Å². The normalized spacial score (nSPS) is 17.0. The average molecular weight is 462 g/mol. The third kappa shape index (κ3) is 6.21. The standard InChI is InChI=1S/C23H28BrNO4/c1-3-16(2)17-10-11-21(19(24)13-17)29-15-23(26)25-20-8-4-5-9-22(20)28-14-18-7-6-12-27-18/h4-5,8-11,13,16,18H,3,6-7,12,14-15H2,1-2H3,(H,25,26). The second-order valence-electron chi connectivity index (χ2n) is 7.28. The lowest BCUT2D eigenvalue weighted by Gasteiger charge is -2.16. The third-order valence-corrected chi connectivity index (χ3v) is 5.73. The largest absolute Gasteiger partial charge is 0.489 e. The number of halogens is 1. The molecule has 5 nitrogen and oxygen atoms in total. The summed E-state index contributed by atoms with van der Waals surface area (Å²) in [5, 5.41) is 2.87. The molecule has 0 aromatic heterocycles. The smallest absolute Gasteiger partial charge is 0.262 e. The van der Waals surface area contributed by atoms with Crippen LogP contribution < -0.4 is 14.8 Å². The number of amides is 1. The van der Waals surface area contributed by atoms with Crippen LogP contribution in [0.2, 0.25) is 0 Å². The first-order chi connectivity index (χ1) is 14.1. The number of carbonyl (C=O) groups excluding carboxylic acids is 1. The molecule has 2 atom stereocenters. The lowest BCUT2D eigenvalue weighted by molar-refractivity contribution is -0.118. The molecule has 0 aliphatic carbocycles. The van der Waals surface area contributed by atoms with Crippen LogP contribution in [0.5, 0.6) is 11.5 Å². The van der Waals surface area contributed by atoms with Crippen molar-refractivity contribution in [3.63, 3.8) is 0 Å². The first-order valence-electron chi connectivity index (χ1n) is 10.1. The highest BCUT2D eigenvalue weighted by molar-refractivity contribution is 9.10. The van der Waals surface area contributed by atoms with E-state index in [1.54, 1.807) is 0 Å². The maximum absolute atomic E-state index is 12.4. The lowest BCUT2D eigenvalue weighted by Crippen LogP contribution is -2.21. The van der Waals surface area contributed by atoms with Gasteiger partial charge in [0.2, 0.25) is 0 Å². The molecule has 0 bridgehead atoms. The van der Waals surface area contributed by atoms with Crippen LogP contribution in [-0.4, -0.2) is 31.8 Å². The van der Waals surface area contributed by atoms with Gasteiger partial charge in [-0.15, -0.1) is 0 Å². The number of anilines is 1. The minimum Gasteiger partial charge on any atom is -0.489 e. The topological polar surface area (TPSA) is 56.8 Å². The van der Waals surface area contributed by atoms with Crippen LogP contribution >= 0.6 is 15.9 Å². The zero-order chi connectivity index (χ0) is 20.6. The monoisotopic (exact) mass is 461 g/mol. The van der Waals surface area contributed by atoms with Gasteiger partial charge in [0.25, 0.3) is 5.91 Å². The Hall–Kier alpha value is -2.05. The molecule has 1 aliphatic rings. The fourth-order valence-electron chi connectivity index (χ4n) is 3.16. The molecule has 2 unspecified atom stereocenters. The summed E-state index contributed by atoms with van der Waals surface area (Å²) in [6, 6.07) is 13.4. The van der Waals surface area contributed by atoms with Crippen molar-refractivity contribution in [1.82, 2.24) is 0 Å². The van der Waals surface area contributed by atoms with Gasteiger partial charge >= 0.3 is 0 Å². The SMILES string of the molecule is CCC(C)c1ccc(OCC(=O)Nc2ccccc2OCC2CCCO2)c(Br)c1. The summed E-state index contributed by atoms with van der Waals surface area (Å²) in [4.78, 5) is 12.4. The average Bonchev–Trinajstić information content (AvgIpc) is 3.25. The summed E-state index contributed by atoms with van der Waals surface area (Å²) in [5.41, 5.74) is 1.87. The predicted octanol–water partition coefficient (Wildman–Crippen LogP) is 5.54. The highest BCUT2D eigenvalue weighted by Crippen LogP contribution is 2.30. The quantitative estimate of drug-likeness (QED) is 0.532. The Morgan fingerprint density at radius 2 is 2.07 bits per heavy atom. The van der Waals surface area contributed by atoms with Gasteiger partial charge < -0.3 is 19.5 Å². The molecule has 29 heavy (non-hydrogen) atoms. The fraction of sp³-hybridized carbons (Fsp3) is 0.435. The van der Waals surface area contributed by atoms with Crippen LogP contribution in [0.1, 0.15) is 44.6 Å². The van der Waals surface area contributed by atoms with Crippen LogP contribution in [0.3, 0.4) is 0 Å². The zero-order valence-corrected chi connectivity index (χ0v) is 18.5. The van der Waals surface area contributed by atoms with E-state index < -0.39 is 0 Å². The van der Waals surface area contributed by atoms with Gasteiger partial charge in [-0.05, 0) is 70.9 Å². The summed E-state index contributed by atoms with van der Waals surface area (Å²) >= 11 is 3.54. The van der Waals surface area contributed by atoms with Gasteiger partial charge in [-0.2, -0.15) is 0 Å². The molecule has 2 aromatic carbocycles. The van der Waals surface area contributed by atoms with Gasteiger partial charge in [-0.3, -0.25) is 4.79 Å². The summed E-state index contributed by atoms with van der Waals surface area (Å²) in [6.45, 7) is 5.54. The summed E-state index contributed by atoms with van der Waals surface area (Å²) in [5.74, 6) is 1.52. The molecular weight excluding hydrogens is 434 g/mol. The van der Waals surface area contributed by atoms with Crippen LogP contribution in [0, 0.1) is 0 Å². The number of nitrogens with one attached hydrogen (secondary N) is 1. The van der Waals surface area contributed by atoms with Crippen LogP contribution in [-0.2, 0) is 9.53 Å². The molecule has 6 heteroatoms. The number of hydrogen-bond acceptors (Lipinski definition) is 4. The Morgan fingerprint density at radius 1 is 1.24 bits per heavy atom. The van der Waals surface area contributed by atoms with Crippen LogP contribution in [0.15, 0.2) is 46.9 Å². The third-order valence-electron chi connectivity index (χ3n) is 5.11. The van der Waals surface area contributed by atoms with Crippen molar-refractivity contribution in [3.8, 4) is 11.5 Å². The molecular formula is C23H28BrNO4. The minimum atomic E-state index is -0.240. The van der Waals surface area contributed by atoms with Crippen molar-refractivity contribution in [2.75, 3.05) is 25.1 Å². The Balaban J connectivity index is 1.54. The van der Waals surface area contributed by atoms with Gasteiger partial charge in [0, 0.05) is 6.61 Å². The minimum absolute atomic E-state index is 0.0820. The molecule has 1 saturated heterocycles. The number of para-hydroxylation sites is 2. The molecule has 1 amide bonds. The number of rotatable bonds is 9. The highest BCUT2D eigenvalue weighted by Gasteiger charge is 2.17. The van der Waals surface area contributed by atoms with Crippen molar-refractivity contribution in [2.24, 2.45) is 0 Å². The molecule has 1 aliphatic heterocycles. The van der Waals surface area contributed by atoms with Gasteiger partial charge in [0.1, 0.15) is 18.1 Å². The Morgan fingerprint density at radius 3 is 2.79 bits per heavy atom. The van der Waals surface area contributed by atoms with Crippen molar-refractivity contribution in [2.45, 2.75) is 45.1 Å². The van der Waals surface area contributed by atoms with E-state index in [1.165, 1.54) is 5.56 Å². The van der Waals surface area contributed by atoms with E-state index in [0.29, 0.717) is 29.7 Å². The number of ether oxygens (including phenoxy) is 3. The molecule has 1 fully saturated rings. The predicted molar refractivity (Wildman–Crippen MR) is 118 cm³/mol. The maximum Gasteiger partial charge on any atom is 0.262 e. The van der Waals surface area contributed by atoms with Crippen LogP contribution in [0.4, 0.5) is 5.69 Å². The van der Waals surface area contributed by atoms with E-state index in [1.807, 2.05) is 36.4 Å². The second kappa shape index (κ2) is 10.6. The fourth-order valence-corrected chi connectivity index (χ4v) is 3.67. The molecule has 156 valence electrons. The van der Waals surface area contributed by atoms with E-state index in [4.69, 9.17) is 14.2 Å². The second-order valence-corrected chi connectivity index (χ2v) is 8.13. The van der Waals surface area contributed by atoms with E-state index in [0.717, 1.165) is 30.3 Å². The van der Waals surface area contributed by atoms with Gasteiger partial charge in [-0.25, -0.2) is 0 Å². The number of hydrogen-bond donors (Lipinski definition) is 1. The first-order valence-corrected chi connectivity index (χ1v) is 10.9. The lowest BCUT2D eigenvalue weighted by atomic mass is 9.99. The summed E-state index contributed by atoms with van der Waals surface area (Å²) < 4.78 is 18.0. The molecule has 0 saturated carbocycles. The zero-order valence-electron chi connectivity index (χ0n) is 16.9. The van der Waals surface area contributed by atoms with Crippen molar-refractivity contribution in [3.05, 3.63) is 52.5 Å². The Bertz CT molecular complexity index is 820. The van der Waals surface area contributed by atoms with E-state index in [-0.39, 0.29) is 18.6 Å².